The Morgan fingerprint density at radius 2 is 2.16 bits per heavy atom. The van der Waals surface area contributed by atoms with Crippen LogP contribution in [0.4, 0.5) is 14.6 Å². The number of pyridine rings is 1. The maximum absolute atomic E-state index is 13.2. The highest BCUT2D eigenvalue weighted by molar-refractivity contribution is 9.10. The van der Waals surface area contributed by atoms with Gasteiger partial charge in [-0.25, -0.2) is 4.98 Å². The van der Waals surface area contributed by atoms with Crippen molar-refractivity contribution in [3.63, 3.8) is 0 Å². The van der Waals surface area contributed by atoms with E-state index in [2.05, 4.69) is 30.4 Å². The summed E-state index contributed by atoms with van der Waals surface area (Å²) in [6, 6.07) is 0. The fraction of sp³-hybridized carbons (Fsp3) is 0.455. The minimum atomic E-state index is -3.73. The maximum Gasteiger partial charge on any atom is 0.586 e. The van der Waals surface area contributed by atoms with Crippen LogP contribution in [0, 0.1) is 11.8 Å². The number of fused-ring (bicyclic) bond motifs is 2. The van der Waals surface area contributed by atoms with Gasteiger partial charge in [-0.2, -0.15) is 0 Å². The van der Waals surface area contributed by atoms with Crippen molar-refractivity contribution in [2.24, 2.45) is 11.8 Å². The van der Waals surface area contributed by atoms with Crippen molar-refractivity contribution in [3.05, 3.63) is 10.7 Å². The van der Waals surface area contributed by atoms with Crippen LogP contribution in [0.3, 0.4) is 0 Å². The Balaban J connectivity index is 1.79. The minimum absolute atomic E-state index is 0.0175. The number of rotatable bonds is 1. The molecule has 1 saturated heterocycles. The topological polar surface area (TPSA) is 51.7 Å². The number of aromatic nitrogens is 1. The van der Waals surface area contributed by atoms with Crippen LogP contribution in [-0.2, 0) is 4.79 Å². The molecule has 100 valence electrons. The second-order valence-corrected chi connectivity index (χ2v) is 5.66. The van der Waals surface area contributed by atoms with Gasteiger partial charge in [0.15, 0.2) is 11.6 Å². The number of carbonyl (C=O) groups excluding carboxylic acids is 1. The number of amides is 1. The van der Waals surface area contributed by atoms with Gasteiger partial charge in [-0.3, -0.25) is 9.69 Å². The van der Waals surface area contributed by atoms with Crippen LogP contribution in [0.25, 0.3) is 0 Å². The van der Waals surface area contributed by atoms with Gasteiger partial charge < -0.3 is 9.47 Å². The Bertz CT molecular complexity index is 610. The van der Waals surface area contributed by atoms with Crippen LogP contribution in [0.2, 0.25) is 0 Å². The average Bonchev–Trinajstić information content (AvgIpc) is 2.93. The third kappa shape index (κ3) is 1.55. The first-order chi connectivity index (χ1) is 8.96. The molecule has 1 aromatic rings. The number of nitrogens with zero attached hydrogens (tertiary/aromatic N) is 2. The maximum atomic E-state index is 13.2. The summed E-state index contributed by atoms with van der Waals surface area (Å²) in [4.78, 5) is 17.4. The monoisotopic (exact) mass is 332 g/mol. The van der Waals surface area contributed by atoms with Crippen molar-refractivity contribution in [1.29, 1.82) is 0 Å². The number of anilines is 1. The molecule has 19 heavy (non-hydrogen) atoms. The molecule has 0 spiro atoms. The highest BCUT2D eigenvalue weighted by Crippen LogP contribution is 2.53. The zero-order valence-electron chi connectivity index (χ0n) is 9.40. The lowest BCUT2D eigenvalue weighted by molar-refractivity contribution is -0.286. The Morgan fingerprint density at radius 1 is 1.42 bits per heavy atom. The van der Waals surface area contributed by atoms with Gasteiger partial charge in [-0.05, 0) is 28.3 Å². The lowest BCUT2D eigenvalue weighted by Crippen LogP contribution is -2.30. The molecular weight excluding hydrogens is 326 g/mol. The van der Waals surface area contributed by atoms with Gasteiger partial charge in [0.05, 0.1) is 4.47 Å². The van der Waals surface area contributed by atoms with Crippen LogP contribution in [0.15, 0.2) is 10.7 Å². The fourth-order valence-electron chi connectivity index (χ4n) is 2.55. The number of piperidine rings is 1. The summed E-state index contributed by atoms with van der Waals surface area (Å²) in [7, 11) is 0. The van der Waals surface area contributed by atoms with E-state index in [1.165, 1.54) is 11.1 Å². The number of ether oxygens (including phenoxy) is 2. The molecule has 2 atom stereocenters. The molecule has 0 aromatic carbocycles. The van der Waals surface area contributed by atoms with E-state index in [0.29, 0.717) is 12.5 Å². The number of halogens is 3. The van der Waals surface area contributed by atoms with E-state index >= 15 is 0 Å². The normalized spacial score (nSPS) is 29.6. The van der Waals surface area contributed by atoms with E-state index in [1.54, 1.807) is 0 Å². The third-order valence-electron chi connectivity index (χ3n) is 3.55. The molecule has 2 fully saturated rings. The summed E-state index contributed by atoms with van der Waals surface area (Å²) in [5, 5.41) is 0. The van der Waals surface area contributed by atoms with Crippen molar-refractivity contribution in [2.75, 3.05) is 11.4 Å². The molecule has 3 heterocycles. The van der Waals surface area contributed by atoms with E-state index in [9.17, 15) is 13.6 Å². The summed E-state index contributed by atoms with van der Waals surface area (Å²) < 4.78 is 35.5. The van der Waals surface area contributed by atoms with Gasteiger partial charge in [0.1, 0.15) is 0 Å². The first kappa shape index (κ1) is 11.4. The highest BCUT2D eigenvalue weighted by Gasteiger charge is 2.55. The molecule has 0 radical (unpaired) electrons. The first-order valence-corrected chi connectivity index (χ1v) is 6.51. The largest absolute Gasteiger partial charge is 0.586 e. The van der Waals surface area contributed by atoms with E-state index in [-0.39, 0.29) is 33.6 Å². The Labute approximate surface area is 114 Å². The highest BCUT2D eigenvalue weighted by atomic mass is 79.9. The van der Waals surface area contributed by atoms with Crippen molar-refractivity contribution in [1.82, 2.24) is 4.98 Å². The van der Waals surface area contributed by atoms with Gasteiger partial charge in [0.25, 0.3) is 0 Å². The summed E-state index contributed by atoms with van der Waals surface area (Å²) in [5.41, 5.74) is 0. The number of hydrogen-bond donors (Lipinski definition) is 0. The quantitative estimate of drug-likeness (QED) is 0.790. The van der Waals surface area contributed by atoms with E-state index < -0.39 is 6.29 Å². The molecule has 1 aromatic heterocycles. The molecule has 2 aliphatic heterocycles. The fourth-order valence-corrected chi connectivity index (χ4v) is 2.91. The Hall–Kier alpha value is -1.44. The number of hydrogen-bond acceptors (Lipinski definition) is 4. The van der Waals surface area contributed by atoms with E-state index in [0.717, 1.165) is 6.42 Å². The van der Waals surface area contributed by atoms with Gasteiger partial charge in [-0.15, -0.1) is 8.78 Å². The van der Waals surface area contributed by atoms with Crippen LogP contribution in [0.5, 0.6) is 11.5 Å². The predicted octanol–water partition coefficient (Wildman–Crippen LogP) is 2.15. The Kier molecular flexibility index (Phi) is 2.01. The molecule has 1 aliphatic carbocycles. The molecule has 1 amide bonds. The van der Waals surface area contributed by atoms with Gasteiger partial charge in [-0.1, -0.05) is 0 Å². The van der Waals surface area contributed by atoms with Gasteiger partial charge in [0.2, 0.25) is 11.7 Å². The van der Waals surface area contributed by atoms with Crippen molar-refractivity contribution >= 4 is 27.7 Å². The molecule has 1 saturated carbocycles. The molecule has 4 rings (SSSR count). The third-order valence-corrected chi connectivity index (χ3v) is 4.11. The van der Waals surface area contributed by atoms with Crippen LogP contribution in [-0.4, -0.2) is 23.7 Å². The van der Waals surface area contributed by atoms with E-state index in [1.807, 2.05) is 0 Å². The summed E-state index contributed by atoms with van der Waals surface area (Å²) in [6.45, 7) is 0.500. The molecule has 0 N–H and O–H groups in total. The molecular formula is C11H7BrF2N2O3. The standard InChI is InChI=1S/C11H7BrF2N2O3/c12-6-2-15-9(8-7(6)18-11(13,14)19-8)16-3-4-1-5(4)10(16)17/h2,4-5H,1,3H2. The predicted molar refractivity (Wildman–Crippen MR) is 62.1 cm³/mol. The smallest absolute Gasteiger partial charge is 0.394 e. The zero-order chi connectivity index (χ0) is 13.4. The summed E-state index contributed by atoms with van der Waals surface area (Å²) in [6.07, 6.45) is -1.52. The molecule has 8 heteroatoms. The number of alkyl halides is 2. The second kappa shape index (κ2) is 3.36. The molecule has 2 unspecified atom stereocenters. The number of carbonyl (C=O) groups is 1. The first-order valence-electron chi connectivity index (χ1n) is 5.72. The van der Waals surface area contributed by atoms with Gasteiger partial charge >= 0.3 is 6.29 Å². The zero-order valence-corrected chi connectivity index (χ0v) is 11.0. The average molecular weight is 333 g/mol. The van der Waals surface area contributed by atoms with Crippen molar-refractivity contribution in [2.45, 2.75) is 12.7 Å². The lowest BCUT2D eigenvalue weighted by Gasteiger charge is -2.18. The van der Waals surface area contributed by atoms with E-state index in [4.69, 9.17) is 0 Å². The van der Waals surface area contributed by atoms with Gasteiger partial charge in [0, 0.05) is 18.7 Å². The Morgan fingerprint density at radius 3 is 2.84 bits per heavy atom. The van der Waals surface area contributed by atoms with Crippen LogP contribution in [0.1, 0.15) is 6.42 Å². The van der Waals surface area contributed by atoms with Crippen molar-refractivity contribution < 1.29 is 23.0 Å². The summed E-state index contributed by atoms with van der Waals surface area (Å²) in [5.74, 6) is 0.0474. The van der Waals surface area contributed by atoms with Crippen molar-refractivity contribution in [3.8, 4) is 11.5 Å². The SMILES string of the molecule is O=C1C2CC2CN1c1ncc(Br)c2c1OC(F)(F)O2. The minimum Gasteiger partial charge on any atom is -0.394 e. The molecule has 5 nitrogen and oxygen atoms in total. The molecule has 0 bridgehead atoms. The van der Waals surface area contributed by atoms with Crippen LogP contribution < -0.4 is 14.4 Å². The summed E-state index contributed by atoms with van der Waals surface area (Å²) >= 11 is 3.07. The molecule has 3 aliphatic rings. The van der Waals surface area contributed by atoms with Crippen LogP contribution >= 0.6 is 15.9 Å². The lowest BCUT2D eigenvalue weighted by atomic mass is 10.3. The second-order valence-electron chi connectivity index (χ2n) is 4.81.